The van der Waals surface area contributed by atoms with E-state index in [1.807, 2.05) is 12.1 Å². The van der Waals surface area contributed by atoms with E-state index in [9.17, 15) is 9.59 Å². The van der Waals surface area contributed by atoms with Gasteiger partial charge in [-0.1, -0.05) is 11.6 Å². The molecule has 0 radical (unpaired) electrons. The van der Waals surface area contributed by atoms with Crippen molar-refractivity contribution in [2.24, 2.45) is 0 Å². The van der Waals surface area contributed by atoms with Gasteiger partial charge in [0.05, 0.1) is 30.4 Å². The number of ether oxygens (including phenoxy) is 1. The second kappa shape index (κ2) is 8.81. The minimum Gasteiger partial charge on any atom is -0.497 e. The largest absolute Gasteiger partial charge is 0.497 e. The first kappa shape index (κ1) is 20.3. The molecule has 4 rings (SSSR count). The molecule has 0 bridgehead atoms. The Morgan fingerprint density at radius 2 is 1.90 bits per heavy atom. The molecule has 30 heavy (non-hydrogen) atoms. The summed E-state index contributed by atoms with van der Waals surface area (Å²) in [4.78, 5) is 27.4. The first-order valence-electron chi connectivity index (χ1n) is 9.19. The number of thioether (sulfide) groups is 1. The van der Waals surface area contributed by atoms with Gasteiger partial charge < -0.3 is 15.0 Å². The van der Waals surface area contributed by atoms with Gasteiger partial charge in [-0.3, -0.25) is 9.59 Å². The zero-order valence-corrected chi connectivity index (χ0v) is 17.7. The molecule has 1 aliphatic rings. The van der Waals surface area contributed by atoms with Crippen LogP contribution in [0.1, 0.15) is 10.4 Å². The molecule has 0 saturated carbocycles. The number of carbonyl (C=O) groups excluding carboxylic acids is 2. The van der Waals surface area contributed by atoms with E-state index in [0.29, 0.717) is 33.7 Å². The second-order valence-corrected chi connectivity index (χ2v) is 8.09. The number of anilines is 1. The van der Waals surface area contributed by atoms with Gasteiger partial charge >= 0.3 is 0 Å². The number of halogens is 1. The summed E-state index contributed by atoms with van der Waals surface area (Å²) in [6.45, 7) is 0. The monoisotopic (exact) mass is 442 g/mol. The number of methoxy groups -OCH3 is 1. The Bertz CT molecular complexity index is 1050. The van der Waals surface area contributed by atoms with Crippen molar-refractivity contribution < 1.29 is 14.3 Å². The van der Waals surface area contributed by atoms with Crippen molar-refractivity contribution in [2.75, 3.05) is 24.1 Å². The van der Waals surface area contributed by atoms with Crippen LogP contribution in [0.2, 0.25) is 5.02 Å². The van der Waals surface area contributed by atoms with Gasteiger partial charge in [-0.25, -0.2) is 4.68 Å². The molecule has 9 heteroatoms. The third-order valence-electron chi connectivity index (χ3n) is 4.72. The lowest BCUT2D eigenvalue weighted by Gasteiger charge is -2.22. The molecule has 0 spiro atoms. The summed E-state index contributed by atoms with van der Waals surface area (Å²) < 4.78 is 6.74. The van der Waals surface area contributed by atoms with E-state index in [1.54, 1.807) is 71.0 Å². The molecule has 1 atom stereocenters. The van der Waals surface area contributed by atoms with Gasteiger partial charge in [0, 0.05) is 22.7 Å². The summed E-state index contributed by atoms with van der Waals surface area (Å²) in [7, 11) is 1.59. The van der Waals surface area contributed by atoms with Crippen molar-refractivity contribution in [2.45, 2.75) is 6.04 Å². The van der Waals surface area contributed by atoms with Crippen LogP contribution in [-0.2, 0) is 4.79 Å². The third-order valence-corrected chi connectivity index (χ3v) is 5.99. The first-order chi connectivity index (χ1) is 14.5. The first-order valence-corrected chi connectivity index (χ1v) is 10.7. The molecular formula is C21H19ClN4O3S. The Kier molecular flexibility index (Phi) is 5.96. The third kappa shape index (κ3) is 4.29. The molecule has 2 heterocycles. The zero-order valence-electron chi connectivity index (χ0n) is 16.1. The molecule has 1 unspecified atom stereocenters. The van der Waals surface area contributed by atoms with Crippen molar-refractivity contribution in [3.05, 3.63) is 71.5 Å². The van der Waals surface area contributed by atoms with Crippen LogP contribution < -0.4 is 10.1 Å². The van der Waals surface area contributed by atoms with Crippen LogP contribution in [0.3, 0.4) is 0 Å². The Labute approximate surface area is 183 Å². The van der Waals surface area contributed by atoms with E-state index in [0.717, 1.165) is 5.69 Å². The normalized spacial score (nSPS) is 15.8. The summed E-state index contributed by atoms with van der Waals surface area (Å²) in [5.41, 5.74) is 1.87. The van der Waals surface area contributed by atoms with Crippen LogP contribution in [0.25, 0.3) is 5.69 Å². The fourth-order valence-electron chi connectivity index (χ4n) is 3.09. The van der Waals surface area contributed by atoms with Crippen LogP contribution in [0, 0.1) is 0 Å². The lowest BCUT2D eigenvalue weighted by Crippen LogP contribution is -2.44. The maximum Gasteiger partial charge on any atom is 0.258 e. The van der Waals surface area contributed by atoms with Gasteiger partial charge in [0.1, 0.15) is 11.8 Å². The van der Waals surface area contributed by atoms with Gasteiger partial charge in [0.15, 0.2) is 0 Å². The minimum absolute atomic E-state index is 0.219. The predicted octanol–water partition coefficient (Wildman–Crippen LogP) is 3.69. The average Bonchev–Trinajstić information content (AvgIpc) is 3.44. The highest BCUT2D eigenvalue weighted by molar-refractivity contribution is 7.99. The van der Waals surface area contributed by atoms with E-state index in [2.05, 4.69) is 10.4 Å². The fourth-order valence-corrected chi connectivity index (χ4v) is 4.37. The number of amides is 2. The summed E-state index contributed by atoms with van der Waals surface area (Å²) in [6.07, 6.45) is 3.17. The number of carbonyl (C=O) groups is 2. The fraction of sp³-hybridized carbons (Fsp3) is 0.190. The van der Waals surface area contributed by atoms with Gasteiger partial charge in [0.25, 0.3) is 5.91 Å². The molecule has 1 N–H and O–H groups in total. The van der Waals surface area contributed by atoms with E-state index >= 15 is 0 Å². The topological polar surface area (TPSA) is 76.5 Å². The molecule has 1 aromatic heterocycles. The summed E-state index contributed by atoms with van der Waals surface area (Å²) in [5.74, 6) is 1.25. The van der Waals surface area contributed by atoms with Crippen molar-refractivity contribution in [1.29, 1.82) is 0 Å². The molecular weight excluding hydrogens is 424 g/mol. The molecule has 154 valence electrons. The number of hydrogen-bond donors (Lipinski definition) is 1. The maximum absolute atomic E-state index is 13.0. The van der Waals surface area contributed by atoms with E-state index < -0.39 is 6.04 Å². The summed E-state index contributed by atoms with van der Waals surface area (Å²) >= 11 is 7.47. The second-order valence-electron chi connectivity index (χ2n) is 6.66. The lowest BCUT2D eigenvalue weighted by atomic mass is 10.2. The molecule has 2 amide bonds. The van der Waals surface area contributed by atoms with Crippen molar-refractivity contribution in [3.8, 4) is 11.4 Å². The van der Waals surface area contributed by atoms with Gasteiger partial charge in [-0.2, -0.15) is 5.10 Å². The Hall–Kier alpha value is -2.97. The van der Waals surface area contributed by atoms with Crippen molar-refractivity contribution in [3.63, 3.8) is 0 Å². The van der Waals surface area contributed by atoms with E-state index in [-0.39, 0.29) is 11.8 Å². The maximum atomic E-state index is 13.0. The van der Waals surface area contributed by atoms with E-state index in [4.69, 9.17) is 16.3 Å². The quantitative estimate of drug-likeness (QED) is 0.652. The van der Waals surface area contributed by atoms with Gasteiger partial charge in [-0.15, -0.1) is 11.8 Å². The number of nitrogens with one attached hydrogen (secondary N) is 1. The Morgan fingerprint density at radius 3 is 2.60 bits per heavy atom. The molecule has 1 fully saturated rings. The summed E-state index contributed by atoms with van der Waals surface area (Å²) in [5, 5.41) is 7.77. The number of benzene rings is 2. The van der Waals surface area contributed by atoms with Gasteiger partial charge in [0.2, 0.25) is 5.91 Å². The van der Waals surface area contributed by atoms with Gasteiger partial charge in [-0.05, 0) is 48.5 Å². The molecule has 7 nitrogen and oxygen atoms in total. The highest BCUT2D eigenvalue weighted by Crippen LogP contribution is 2.25. The number of aromatic nitrogens is 2. The summed E-state index contributed by atoms with van der Waals surface area (Å²) in [6, 6.07) is 13.7. The van der Waals surface area contributed by atoms with Crippen molar-refractivity contribution >= 4 is 40.9 Å². The predicted molar refractivity (Wildman–Crippen MR) is 117 cm³/mol. The molecule has 0 aliphatic carbocycles. The van der Waals surface area contributed by atoms with Crippen LogP contribution in [0.5, 0.6) is 5.75 Å². The minimum atomic E-state index is -0.552. The standard InChI is InChI=1S/C21H19ClN4O3S/c1-29-18-8-4-16(5-9-18)24-20(27)19-12-30-13-25(19)21(28)14-10-23-26(11-14)17-6-2-15(22)3-7-17/h2-11,19H,12-13H2,1H3,(H,24,27). The SMILES string of the molecule is COc1ccc(NC(=O)C2CSCN2C(=O)c2cnn(-c3ccc(Cl)cc3)c2)cc1. The smallest absolute Gasteiger partial charge is 0.258 e. The van der Waals surface area contributed by atoms with Crippen molar-refractivity contribution in [1.82, 2.24) is 14.7 Å². The number of nitrogens with zero attached hydrogens (tertiary/aromatic N) is 3. The van der Waals surface area contributed by atoms with Crippen LogP contribution >= 0.6 is 23.4 Å². The van der Waals surface area contributed by atoms with Crippen LogP contribution in [0.15, 0.2) is 60.9 Å². The Balaban J connectivity index is 1.46. The molecule has 2 aromatic carbocycles. The molecule has 3 aromatic rings. The van der Waals surface area contributed by atoms with Crippen LogP contribution in [0.4, 0.5) is 5.69 Å². The zero-order chi connectivity index (χ0) is 21.1. The van der Waals surface area contributed by atoms with E-state index in [1.165, 1.54) is 6.20 Å². The lowest BCUT2D eigenvalue weighted by molar-refractivity contribution is -0.119. The molecule has 1 saturated heterocycles. The number of hydrogen-bond acceptors (Lipinski definition) is 5. The average molecular weight is 443 g/mol. The highest BCUT2D eigenvalue weighted by atomic mass is 35.5. The number of rotatable bonds is 5. The van der Waals surface area contributed by atoms with Crippen LogP contribution in [-0.4, -0.2) is 51.3 Å². The Morgan fingerprint density at radius 1 is 1.17 bits per heavy atom. The molecule has 1 aliphatic heterocycles. The highest BCUT2D eigenvalue weighted by Gasteiger charge is 2.35.